The van der Waals surface area contributed by atoms with Crippen molar-refractivity contribution in [3.8, 4) is 0 Å². The van der Waals surface area contributed by atoms with Crippen LogP contribution in [-0.2, 0) is 9.84 Å². The van der Waals surface area contributed by atoms with E-state index in [0.29, 0.717) is 5.69 Å². The predicted octanol–water partition coefficient (Wildman–Crippen LogP) is 3.46. The molecule has 8 heteroatoms. The zero-order valence-corrected chi connectivity index (χ0v) is 13.6. The molecule has 1 N–H and O–H groups in total. The lowest BCUT2D eigenvalue weighted by Crippen LogP contribution is -2.02. The summed E-state index contributed by atoms with van der Waals surface area (Å²) in [6.07, 6.45) is 2.95. The van der Waals surface area contributed by atoms with Crippen molar-refractivity contribution in [3.63, 3.8) is 0 Å². The van der Waals surface area contributed by atoms with Gasteiger partial charge in [0.15, 0.2) is 9.84 Å². The third kappa shape index (κ3) is 3.77. The standard InChI is InChI=1S/C14H14N2O4S2/c1-21-11-5-3-4-10(8-11)15-13-7-6-12(22(2,19)20)9-14(13)16(17)18/h3-9,15H,1-2H3. The lowest BCUT2D eigenvalue weighted by molar-refractivity contribution is -0.384. The van der Waals surface area contributed by atoms with E-state index in [4.69, 9.17) is 0 Å². The maximum atomic E-state index is 11.5. The molecule has 0 aliphatic heterocycles. The van der Waals surface area contributed by atoms with Gasteiger partial charge in [0.05, 0.1) is 9.82 Å². The van der Waals surface area contributed by atoms with Gasteiger partial charge in [0.1, 0.15) is 5.69 Å². The Morgan fingerprint density at radius 1 is 1.18 bits per heavy atom. The highest BCUT2D eigenvalue weighted by Crippen LogP contribution is 2.31. The zero-order valence-electron chi connectivity index (χ0n) is 11.9. The quantitative estimate of drug-likeness (QED) is 0.510. The second-order valence-corrected chi connectivity index (χ2v) is 7.46. The normalized spacial score (nSPS) is 11.2. The molecule has 116 valence electrons. The minimum Gasteiger partial charge on any atom is -0.350 e. The first-order valence-electron chi connectivity index (χ1n) is 6.21. The Morgan fingerprint density at radius 3 is 2.50 bits per heavy atom. The van der Waals surface area contributed by atoms with Crippen molar-refractivity contribution in [2.45, 2.75) is 9.79 Å². The van der Waals surface area contributed by atoms with Gasteiger partial charge in [-0.2, -0.15) is 0 Å². The molecular weight excluding hydrogens is 324 g/mol. The van der Waals surface area contributed by atoms with E-state index in [0.717, 1.165) is 17.2 Å². The highest BCUT2D eigenvalue weighted by atomic mass is 32.2. The van der Waals surface area contributed by atoms with E-state index in [2.05, 4.69) is 5.32 Å². The number of hydrogen-bond acceptors (Lipinski definition) is 6. The van der Waals surface area contributed by atoms with Crippen LogP contribution < -0.4 is 5.32 Å². The largest absolute Gasteiger partial charge is 0.350 e. The fourth-order valence-electron chi connectivity index (χ4n) is 1.86. The number of hydrogen-bond donors (Lipinski definition) is 1. The number of sulfone groups is 1. The van der Waals surface area contributed by atoms with Crippen LogP contribution in [-0.4, -0.2) is 25.9 Å². The van der Waals surface area contributed by atoms with Crippen LogP contribution in [0.5, 0.6) is 0 Å². The fraction of sp³-hybridized carbons (Fsp3) is 0.143. The highest BCUT2D eigenvalue weighted by Gasteiger charge is 2.18. The average molecular weight is 338 g/mol. The molecule has 6 nitrogen and oxygen atoms in total. The molecule has 2 aromatic carbocycles. The lowest BCUT2D eigenvalue weighted by Gasteiger charge is -2.09. The van der Waals surface area contributed by atoms with E-state index in [1.807, 2.05) is 24.5 Å². The van der Waals surface area contributed by atoms with Crippen molar-refractivity contribution < 1.29 is 13.3 Å². The molecule has 22 heavy (non-hydrogen) atoms. The van der Waals surface area contributed by atoms with Gasteiger partial charge in [-0.25, -0.2) is 8.42 Å². The van der Waals surface area contributed by atoms with Crippen LogP contribution in [0.25, 0.3) is 0 Å². The molecule has 0 fully saturated rings. The molecule has 0 aromatic heterocycles. The molecule has 0 heterocycles. The molecule has 0 saturated carbocycles. The van der Waals surface area contributed by atoms with Crippen LogP contribution in [0.2, 0.25) is 0 Å². The first kappa shape index (κ1) is 16.3. The van der Waals surface area contributed by atoms with E-state index in [-0.39, 0.29) is 16.3 Å². The summed E-state index contributed by atoms with van der Waals surface area (Å²) in [5.41, 5.74) is 0.662. The number of anilines is 2. The van der Waals surface area contributed by atoms with Gasteiger partial charge in [-0.1, -0.05) is 6.07 Å². The van der Waals surface area contributed by atoms with Crippen LogP contribution in [0.4, 0.5) is 17.1 Å². The van der Waals surface area contributed by atoms with Gasteiger partial charge in [0.25, 0.3) is 5.69 Å². The Labute approximate surface area is 132 Å². The van der Waals surface area contributed by atoms with Gasteiger partial charge in [-0.15, -0.1) is 11.8 Å². The minimum absolute atomic E-state index is 0.0809. The van der Waals surface area contributed by atoms with Crippen LogP contribution in [0, 0.1) is 10.1 Å². The summed E-state index contributed by atoms with van der Waals surface area (Å²) in [6.45, 7) is 0. The molecule has 0 aliphatic carbocycles. The number of nitrogens with zero attached hydrogens (tertiary/aromatic N) is 1. The monoisotopic (exact) mass is 338 g/mol. The molecule has 0 bridgehead atoms. The summed E-state index contributed by atoms with van der Waals surface area (Å²) in [7, 11) is -3.49. The summed E-state index contributed by atoms with van der Waals surface area (Å²) in [6, 6.07) is 11.2. The van der Waals surface area contributed by atoms with Crippen LogP contribution in [0.3, 0.4) is 0 Å². The second-order valence-electron chi connectivity index (χ2n) is 4.57. The molecule has 0 radical (unpaired) electrons. The lowest BCUT2D eigenvalue weighted by atomic mass is 10.2. The van der Waals surface area contributed by atoms with E-state index in [9.17, 15) is 18.5 Å². The number of rotatable bonds is 5. The molecule has 2 aromatic rings. The maximum absolute atomic E-state index is 11.5. The van der Waals surface area contributed by atoms with Crippen LogP contribution in [0.1, 0.15) is 0 Å². The summed E-state index contributed by atoms with van der Waals surface area (Å²) >= 11 is 1.56. The van der Waals surface area contributed by atoms with Crippen molar-refractivity contribution in [2.24, 2.45) is 0 Å². The summed E-state index contributed by atoms with van der Waals surface area (Å²) in [5, 5.41) is 14.1. The number of thioether (sulfide) groups is 1. The van der Waals surface area contributed by atoms with Crippen molar-refractivity contribution in [3.05, 3.63) is 52.6 Å². The molecule has 0 atom stereocenters. The third-order valence-corrected chi connectivity index (χ3v) is 4.78. The SMILES string of the molecule is CSc1cccc(Nc2ccc(S(C)(=O)=O)cc2[N+](=O)[O-])c1. The molecule has 0 unspecified atom stereocenters. The van der Waals surface area contributed by atoms with Crippen molar-refractivity contribution in [2.75, 3.05) is 17.8 Å². The van der Waals surface area contributed by atoms with E-state index in [1.165, 1.54) is 12.1 Å². The van der Waals surface area contributed by atoms with Crippen LogP contribution >= 0.6 is 11.8 Å². The number of nitrogens with one attached hydrogen (secondary N) is 1. The smallest absolute Gasteiger partial charge is 0.293 e. The Balaban J connectivity index is 2.44. The first-order valence-corrected chi connectivity index (χ1v) is 9.32. The fourth-order valence-corrected chi connectivity index (χ4v) is 2.96. The molecule has 2 rings (SSSR count). The van der Waals surface area contributed by atoms with Crippen molar-refractivity contribution in [1.82, 2.24) is 0 Å². The maximum Gasteiger partial charge on any atom is 0.293 e. The Morgan fingerprint density at radius 2 is 1.91 bits per heavy atom. The molecule has 0 saturated heterocycles. The summed E-state index contributed by atoms with van der Waals surface area (Å²) in [4.78, 5) is 11.5. The van der Waals surface area contributed by atoms with E-state index in [1.54, 1.807) is 17.8 Å². The topological polar surface area (TPSA) is 89.3 Å². The number of nitro benzene ring substituents is 1. The Hall–Kier alpha value is -2.06. The molecule has 0 aliphatic rings. The second kappa shape index (κ2) is 6.37. The molecule has 0 spiro atoms. The Kier molecular flexibility index (Phi) is 4.72. The molecular formula is C14H14N2O4S2. The average Bonchev–Trinajstić information content (AvgIpc) is 2.46. The van der Waals surface area contributed by atoms with Crippen LogP contribution in [0.15, 0.2) is 52.3 Å². The van der Waals surface area contributed by atoms with Gasteiger partial charge < -0.3 is 5.32 Å². The van der Waals surface area contributed by atoms with Crippen molar-refractivity contribution in [1.29, 1.82) is 0 Å². The van der Waals surface area contributed by atoms with Crippen molar-refractivity contribution >= 4 is 38.7 Å². The van der Waals surface area contributed by atoms with Gasteiger partial charge in [0, 0.05) is 22.9 Å². The third-order valence-electron chi connectivity index (χ3n) is 2.94. The summed E-state index contributed by atoms with van der Waals surface area (Å²) in [5.74, 6) is 0. The number of benzene rings is 2. The van der Waals surface area contributed by atoms with Gasteiger partial charge >= 0.3 is 0 Å². The van der Waals surface area contributed by atoms with Gasteiger partial charge in [-0.3, -0.25) is 10.1 Å². The minimum atomic E-state index is -3.49. The zero-order chi connectivity index (χ0) is 16.3. The van der Waals surface area contributed by atoms with E-state index < -0.39 is 14.8 Å². The highest BCUT2D eigenvalue weighted by molar-refractivity contribution is 7.98. The van der Waals surface area contributed by atoms with E-state index >= 15 is 0 Å². The van der Waals surface area contributed by atoms with Gasteiger partial charge in [-0.05, 0) is 36.6 Å². The number of nitro groups is 1. The van der Waals surface area contributed by atoms with Gasteiger partial charge in [0.2, 0.25) is 0 Å². The predicted molar refractivity (Wildman–Crippen MR) is 87.7 cm³/mol. The molecule has 0 amide bonds. The summed E-state index contributed by atoms with van der Waals surface area (Å²) < 4.78 is 23.0. The Bertz CT molecular complexity index is 819. The first-order chi connectivity index (χ1) is 10.3.